The summed E-state index contributed by atoms with van der Waals surface area (Å²) >= 11 is 0. The predicted molar refractivity (Wildman–Crippen MR) is 90.2 cm³/mol. The van der Waals surface area contributed by atoms with Crippen LogP contribution in [0.25, 0.3) is 0 Å². The normalized spacial score (nSPS) is 26.8. The Morgan fingerprint density at radius 2 is 1.57 bits per heavy atom. The smallest absolute Gasteiger partial charge is 0.158 e. The summed E-state index contributed by atoms with van der Waals surface area (Å²) < 4.78 is 12.0. The van der Waals surface area contributed by atoms with E-state index in [-0.39, 0.29) is 6.29 Å². The second-order valence-electron chi connectivity index (χ2n) is 7.80. The van der Waals surface area contributed by atoms with E-state index >= 15 is 0 Å². The van der Waals surface area contributed by atoms with Gasteiger partial charge in [-0.3, -0.25) is 0 Å². The summed E-state index contributed by atoms with van der Waals surface area (Å²) in [7, 11) is 0. The number of allylic oxidation sites excluding steroid dienone is 2. The minimum atomic E-state index is -0.0521. The first-order valence-corrected chi connectivity index (χ1v) is 8.71. The van der Waals surface area contributed by atoms with Gasteiger partial charge in [0.2, 0.25) is 0 Å². The van der Waals surface area contributed by atoms with Crippen LogP contribution in [-0.4, -0.2) is 19.5 Å². The standard InChI is InChI=1S/C19H36O2/c1-13(2)11-20-19(21-12-14(3)4)10-18-9-16(6)15(5)8-17(18)7/h8,13-16,18-19H,9-12H2,1-7H3. The lowest BCUT2D eigenvalue weighted by Crippen LogP contribution is -2.28. The second kappa shape index (κ2) is 8.95. The van der Waals surface area contributed by atoms with E-state index in [1.165, 1.54) is 12.0 Å². The predicted octanol–water partition coefficient (Wildman–Crippen LogP) is 5.29. The first-order valence-electron chi connectivity index (χ1n) is 8.71. The van der Waals surface area contributed by atoms with E-state index in [0.29, 0.717) is 23.7 Å². The lowest BCUT2D eigenvalue weighted by atomic mass is 9.76. The van der Waals surface area contributed by atoms with Gasteiger partial charge in [0, 0.05) is 6.42 Å². The zero-order chi connectivity index (χ0) is 16.0. The average Bonchev–Trinajstić information content (AvgIpc) is 2.38. The maximum absolute atomic E-state index is 6.02. The van der Waals surface area contributed by atoms with Crippen molar-refractivity contribution >= 4 is 0 Å². The molecule has 1 aliphatic carbocycles. The quantitative estimate of drug-likeness (QED) is 0.448. The molecule has 0 aromatic carbocycles. The van der Waals surface area contributed by atoms with E-state index in [0.717, 1.165) is 25.6 Å². The van der Waals surface area contributed by atoms with Crippen LogP contribution in [0, 0.1) is 29.6 Å². The monoisotopic (exact) mass is 296 g/mol. The largest absolute Gasteiger partial charge is 0.352 e. The van der Waals surface area contributed by atoms with Gasteiger partial charge in [0.15, 0.2) is 6.29 Å². The van der Waals surface area contributed by atoms with E-state index in [1.54, 1.807) is 0 Å². The highest BCUT2D eigenvalue weighted by atomic mass is 16.7. The van der Waals surface area contributed by atoms with E-state index in [4.69, 9.17) is 9.47 Å². The van der Waals surface area contributed by atoms with E-state index in [9.17, 15) is 0 Å². The molecule has 0 aromatic rings. The van der Waals surface area contributed by atoms with Crippen LogP contribution in [0.15, 0.2) is 11.6 Å². The molecular weight excluding hydrogens is 260 g/mol. The maximum Gasteiger partial charge on any atom is 0.158 e. The van der Waals surface area contributed by atoms with Crippen molar-refractivity contribution in [2.24, 2.45) is 29.6 Å². The average molecular weight is 296 g/mol. The molecule has 21 heavy (non-hydrogen) atoms. The van der Waals surface area contributed by atoms with Gasteiger partial charge in [-0.05, 0) is 42.9 Å². The minimum absolute atomic E-state index is 0.0521. The fourth-order valence-electron chi connectivity index (χ4n) is 2.86. The second-order valence-corrected chi connectivity index (χ2v) is 7.80. The molecule has 0 bridgehead atoms. The molecule has 0 heterocycles. The summed E-state index contributed by atoms with van der Waals surface area (Å²) in [6, 6.07) is 0. The van der Waals surface area contributed by atoms with Gasteiger partial charge in [-0.15, -0.1) is 0 Å². The third-order valence-corrected chi connectivity index (χ3v) is 4.43. The van der Waals surface area contributed by atoms with Crippen LogP contribution in [0.4, 0.5) is 0 Å². The molecule has 3 atom stereocenters. The number of ether oxygens (including phenoxy) is 2. The fourth-order valence-corrected chi connectivity index (χ4v) is 2.86. The highest BCUT2D eigenvalue weighted by Gasteiger charge is 2.27. The molecule has 0 radical (unpaired) electrons. The number of rotatable bonds is 8. The molecular formula is C19H36O2. The van der Waals surface area contributed by atoms with Gasteiger partial charge in [-0.2, -0.15) is 0 Å². The zero-order valence-corrected chi connectivity index (χ0v) is 15.2. The number of hydrogen-bond acceptors (Lipinski definition) is 2. The molecule has 0 fully saturated rings. The van der Waals surface area contributed by atoms with Gasteiger partial charge in [0.1, 0.15) is 0 Å². The Balaban J connectivity index is 2.59. The van der Waals surface area contributed by atoms with Crippen molar-refractivity contribution < 1.29 is 9.47 Å². The molecule has 0 N–H and O–H groups in total. The van der Waals surface area contributed by atoms with E-state index in [1.807, 2.05) is 0 Å². The summed E-state index contributed by atoms with van der Waals surface area (Å²) in [4.78, 5) is 0. The molecule has 0 aliphatic heterocycles. The maximum atomic E-state index is 6.02. The molecule has 1 aliphatic rings. The Morgan fingerprint density at radius 1 is 1.05 bits per heavy atom. The minimum Gasteiger partial charge on any atom is -0.352 e. The van der Waals surface area contributed by atoms with Crippen molar-refractivity contribution in [3.8, 4) is 0 Å². The molecule has 1 rings (SSSR count). The topological polar surface area (TPSA) is 18.5 Å². The lowest BCUT2D eigenvalue weighted by Gasteiger charge is -2.33. The van der Waals surface area contributed by atoms with Gasteiger partial charge in [-0.1, -0.05) is 53.2 Å². The van der Waals surface area contributed by atoms with Crippen LogP contribution >= 0.6 is 0 Å². The highest BCUT2D eigenvalue weighted by Crippen LogP contribution is 2.35. The Labute approximate surface area is 132 Å². The molecule has 124 valence electrons. The first kappa shape index (κ1) is 18.7. The summed E-state index contributed by atoms with van der Waals surface area (Å²) in [5.41, 5.74) is 1.52. The zero-order valence-electron chi connectivity index (χ0n) is 15.2. The molecule has 2 nitrogen and oxygen atoms in total. The van der Waals surface area contributed by atoms with Crippen LogP contribution in [0.3, 0.4) is 0 Å². The SMILES string of the molecule is CC1=CC(C)C(C)CC1CC(OCC(C)C)OCC(C)C. The van der Waals surface area contributed by atoms with Crippen molar-refractivity contribution in [1.29, 1.82) is 0 Å². The van der Waals surface area contributed by atoms with Crippen molar-refractivity contribution in [3.63, 3.8) is 0 Å². The molecule has 0 aromatic heterocycles. The Bertz CT molecular complexity index is 308. The summed E-state index contributed by atoms with van der Waals surface area (Å²) in [6.45, 7) is 17.3. The third kappa shape index (κ3) is 6.97. The van der Waals surface area contributed by atoms with Crippen LogP contribution in [-0.2, 0) is 9.47 Å². The Morgan fingerprint density at radius 3 is 2.05 bits per heavy atom. The molecule has 0 saturated heterocycles. The molecule has 0 spiro atoms. The summed E-state index contributed by atoms with van der Waals surface area (Å²) in [6.07, 6.45) is 4.65. The van der Waals surface area contributed by atoms with Gasteiger partial charge in [0.05, 0.1) is 13.2 Å². The van der Waals surface area contributed by atoms with Crippen molar-refractivity contribution in [3.05, 3.63) is 11.6 Å². The van der Waals surface area contributed by atoms with Crippen LogP contribution in [0.2, 0.25) is 0 Å². The van der Waals surface area contributed by atoms with Gasteiger partial charge >= 0.3 is 0 Å². The molecule has 3 unspecified atom stereocenters. The fraction of sp³-hybridized carbons (Fsp3) is 0.895. The first-order chi connectivity index (χ1) is 9.79. The van der Waals surface area contributed by atoms with Crippen molar-refractivity contribution in [2.45, 2.75) is 67.6 Å². The summed E-state index contributed by atoms with van der Waals surface area (Å²) in [5, 5.41) is 0. The van der Waals surface area contributed by atoms with Crippen molar-refractivity contribution in [1.82, 2.24) is 0 Å². The third-order valence-electron chi connectivity index (χ3n) is 4.43. The number of hydrogen-bond donors (Lipinski definition) is 0. The van der Waals surface area contributed by atoms with E-state index in [2.05, 4.69) is 54.5 Å². The van der Waals surface area contributed by atoms with Gasteiger partial charge in [0.25, 0.3) is 0 Å². The lowest BCUT2D eigenvalue weighted by molar-refractivity contribution is -0.162. The highest BCUT2D eigenvalue weighted by molar-refractivity contribution is 5.10. The van der Waals surface area contributed by atoms with Crippen molar-refractivity contribution in [2.75, 3.05) is 13.2 Å². The molecule has 2 heteroatoms. The van der Waals surface area contributed by atoms with E-state index < -0.39 is 0 Å². The van der Waals surface area contributed by atoms with Gasteiger partial charge < -0.3 is 9.47 Å². The van der Waals surface area contributed by atoms with Crippen LogP contribution < -0.4 is 0 Å². The Kier molecular flexibility index (Phi) is 7.97. The Hall–Kier alpha value is -0.340. The molecule has 0 amide bonds. The summed E-state index contributed by atoms with van der Waals surface area (Å²) in [5.74, 6) is 3.18. The van der Waals surface area contributed by atoms with Crippen LogP contribution in [0.5, 0.6) is 0 Å². The van der Waals surface area contributed by atoms with Crippen LogP contribution in [0.1, 0.15) is 61.3 Å². The van der Waals surface area contributed by atoms with Gasteiger partial charge in [-0.25, -0.2) is 0 Å². The molecule has 0 saturated carbocycles.